The highest BCUT2D eigenvalue weighted by Gasteiger charge is 2.24. The predicted octanol–water partition coefficient (Wildman–Crippen LogP) is 4.08. The molecule has 1 heterocycles. The average Bonchev–Trinajstić information content (AvgIpc) is 2.72. The van der Waals surface area contributed by atoms with Gasteiger partial charge in [-0.2, -0.15) is 0 Å². The molecule has 0 saturated heterocycles. The van der Waals surface area contributed by atoms with Crippen LogP contribution in [-0.4, -0.2) is 19.1 Å². The molecule has 5 heteroatoms. The smallest absolute Gasteiger partial charge is 0.223 e. The largest absolute Gasteiger partial charge is 0.373 e. The molecule has 3 aromatic carbocycles. The van der Waals surface area contributed by atoms with Crippen molar-refractivity contribution < 1.29 is 9.53 Å². The summed E-state index contributed by atoms with van der Waals surface area (Å²) in [7, 11) is 0. The van der Waals surface area contributed by atoms with E-state index in [1.807, 2.05) is 30.3 Å². The summed E-state index contributed by atoms with van der Waals surface area (Å²) in [6.07, 6.45) is 1.02. The van der Waals surface area contributed by atoms with Crippen molar-refractivity contribution in [2.24, 2.45) is 5.73 Å². The standard InChI is InChI=1S/C23H24N2O2.ClH/c24-15-21(19-10-9-16-5-1-2-7-18(16)13-19)25-23(26)14-22-20-8-4-3-6-17(20)11-12-27-22;/h1-10,13,21-22H,11-12,14-15,24H2,(H,25,26);1H. The van der Waals surface area contributed by atoms with E-state index in [4.69, 9.17) is 10.5 Å². The number of nitrogens with one attached hydrogen (secondary N) is 1. The van der Waals surface area contributed by atoms with Crippen molar-refractivity contribution >= 4 is 29.1 Å². The van der Waals surface area contributed by atoms with Crippen molar-refractivity contribution in [1.29, 1.82) is 0 Å². The van der Waals surface area contributed by atoms with Gasteiger partial charge in [-0.25, -0.2) is 0 Å². The third-order valence-corrected chi connectivity index (χ3v) is 5.21. The molecule has 0 fully saturated rings. The third-order valence-electron chi connectivity index (χ3n) is 5.21. The van der Waals surface area contributed by atoms with Gasteiger partial charge in [-0.05, 0) is 39.9 Å². The molecule has 0 radical (unpaired) electrons. The number of carbonyl (C=O) groups is 1. The van der Waals surface area contributed by atoms with E-state index in [9.17, 15) is 4.79 Å². The first kappa shape index (κ1) is 20.3. The number of hydrogen-bond donors (Lipinski definition) is 2. The minimum Gasteiger partial charge on any atom is -0.373 e. The number of carbonyl (C=O) groups excluding carboxylic acids is 1. The number of nitrogens with two attached hydrogens (primary N) is 1. The molecule has 0 spiro atoms. The van der Waals surface area contributed by atoms with Gasteiger partial charge in [0.1, 0.15) is 0 Å². The zero-order chi connectivity index (χ0) is 18.6. The van der Waals surface area contributed by atoms with Crippen molar-refractivity contribution in [2.45, 2.75) is 25.0 Å². The molecular formula is C23H25ClN2O2. The van der Waals surface area contributed by atoms with E-state index in [-0.39, 0.29) is 30.5 Å². The second-order valence-corrected chi connectivity index (χ2v) is 6.97. The Bertz CT molecular complexity index is 960. The first-order valence-corrected chi connectivity index (χ1v) is 9.42. The van der Waals surface area contributed by atoms with Crippen LogP contribution in [0.5, 0.6) is 0 Å². The molecule has 28 heavy (non-hydrogen) atoms. The summed E-state index contributed by atoms with van der Waals surface area (Å²) in [4.78, 5) is 12.7. The second kappa shape index (κ2) is 9.20. The molecule has 0 bridgehead atoms. The lowest BCUT2D eigenvalue weighted by molar-refractivity contribution is -0.125. The summed E-state index contributed by atoms with van der Waals surface area (Å²) in [5.41, 5.74) is 9.37. The number of hydrogen-bond acceptors (Lipinski definition) is 3. The van der Waals surface area contributed by atoms with Gasteiger partial charge < -0.3 is 15.8 Å². The average molecular weight is 397 g/mol. The van der Waals surface area contributed by atoms with Gasteiger partial charge >= 0.3 is 0 Å². The van der Waals surface area contributed by atoms with E-state index < -0.39 is 0 Å². The monoisotopic (exact) mass is 396 g/mol. The minimum atomic E-state index is -0.207. The van der Waals surface area contributed by atoms with E-state index in [0.29, 0.717) is 19.6 Å². The lowest BCUT2D eigenvalue weighted by Crippen LogP contribution is -2.35. The van der Waals surface area contributed by atoms with E-state index in [2.05, 4.69) is 41.7 Å². The molecular weight excluding hydrogens is 372 g/mol. The van der Waals surface area contributed by atoms with Gasteiger partial charge in [0.05, 0.1) is 25.2 Å². The number of benzene rings is 3. The molecule has 3 aromatic rings. The molecule has 1 aliphatic rings. The SMILES string of the molecule is Cl.NCC(NC(=O)CC1OCCc2ccccc21)c1ccc2ccccc2c1. The molecule has 2 unspecified atom stereocenters. The molecule has 0 aliphatic carbocycles. The van der Waals surface area contributed by atoms with Gasteiger partial charge in [-0.3, -0.25) is 4.79 Å². The number of fused-ring (bicyclic) bond motifs is 2. The Labute approximate surface area is 171 Å². The van der Waals surface area contributed by atoms with Gasteiger partial charge in [-0.1, -0.05) is 60.7 Å². The van der Waals surface area contributed by atoms with Gasteiger partial charge in [0.2, 0.25) is 5.91 Å². The second-order valence-electron chi connectivity index (χ2n) is 6.97. The summed E-state index contributed by atoms with van der Waals surface area (Å²) in [6.45, 7) is 1.01. The lowest BCUT2D eigenvalue weighted by Gasteiger charge is -2.26. The lowest BCUT2D eigenvalue weighted by atomic mass is 9.95. The van der Waals surface area contributed by atoms with Crippen LogP contribution in [0.3, 0.4) is 0 Å². The van der Waals surface area contributed by atoms with Crippen LogP contribution in [0, 0.1) is 0 Å². The van der Waals surface area contributed by atoms with Crippen LogP contribution in [0.25, 0.3) is 10.8 Å². The van der Waals surface area contributed by atoms with Crippen molar-refractivity contribution in [1.82, 2.24) is 5.32 Å². The normalized spacial score (nSPS) is 16.7. The topological polar surface area (TPSA) is 64.3 Å². The Morgan fingerprint density at radius 2 is 1.82 bits per heavy atom. The van der Waals surface area contributed by atoms with E-state index >= 15 is 0 Å². The van der Waals surface area contributed by atoms with Gasteiger partial charge in [0, 0.05) is 6.54 Å². The first-order chi connectivity index (χ1) is 13.2. The summed E-state index contributed by atoms with van der Waals surface area (Å²) >= 11 is 0. The molecule has 4 nitrogen and oxygen atoms in total. The maximum Gasteiger partial charge on any atom is 0.223 e. The van der Waals surface area contributed by atoms with Crippen molar-refractivity contribution in [3.05, 3.63) is 83.4 Å². The molecule has 2 atom stereocenters. The van der Waals surface area contributed by atoms with E-state index in [1.54, 1.807) is 0 Å². The van der Waals surface area contributed by atoms with Crippen LogP contribution in [0.1, 0.15) is 35.3 Å². The summed E-state index contributed by atoms with van der Waals surface area (Å²) in [6, 6.07) is 22.4. The predicted molar refractivity (Wildman–Crippen MR) is 115 cm³/mol. The molecule has 4 rings (SSSR count). The van der Waals surface area contributed by atoms with Crippen LogP contribution >= 0.6 is 12.4 Å². The number of ether oxygens (including phenoxy) is 1. The Morgan fingerprint density at radius 3 is 2.64 bits per heavy atom. The fraction of sp³-hybridized carbons (Fsp3) is 0.261. The Morgan fingerprint density at radius 1 is 1.07 bits per heavy atom. The molecule has 146 valence electrons. The van der Waals surface area contributed by atoms with Gasteiger partial charge in [0.25, 0.3) is 0 Å². The highest BCUT2D eigenvalue weighted by Crippen LogP contribution is 2.29. The number of amides is 1. The van der Waals surface area contributed by atoms with E-state index in [1.165, 1.54) is 10.9 Å². The third kappa shape index (κ3) is 4.36. The molecule has 0 saturated carbocycles. The number of halogens is 1. The van der Waals surface area contributed by atoms with Crippen molar-refractivity contribution in [2.75, 3.05) is 13.2 Å². The number of rotatable bonds is 5. The highest BCUT2D eigenvalue weighted by atomic mass is 35.5. The minimum absolute atomic E-state index is 0. The maximum absolute atomic E-state index is 12.7. The quantitative estimate of drug-likeness (QED) is 0.682. The summed E-state index contributed by atoms with van der Waals surface area (Å²) in [5, 5.41) is 5.40. The molecule has 0 aromatic heterocycles. The first-order valence-electron chi connectivity index (χ1n) is 9.42. The van der Waals surface area contributed by atoms with Gasteiger partial charge in [-0.15, -0.1) is 12.4 Å². The fourth-order valence-corrected chi connectivity index (χ4v) is 3.77. The highest BCUT2D eigenvalue weighted by molar-refractivity contribution is 5.85. The Hall–Kier alpha value is -2.40. The van der Waals surface area contributed by atoms with Crippen LogP contribution in [-0.2, 0) is 16.0 Å². The van der Waals surface area contributed by atoms with Crippen LogP contribution in [0.15, 0.2) is 66.7 Å². The van der Waals surface area contributed by atoms with Gasteiger partial charge in [0.15, 0.2) is 0 Å². The molecule has 1 amide bonds. The van der Waals surface area contributed by atoms with Crippen LogP contribution in [0.4, 0.5) is 0 Å². The van der Waals surface area contributed by atoms with E-state index in [0.717, 1.165) is 22.9 Å². The van der Waals surface area contributed by atoms with Crippen LogP contribution < -0.4 is 11.1 Å². The summed E-state index contributed by atoms with van der Waals surface area (Å²) < 4.78 is 5.86. The fourth-order valence-electron chi connectivity index (χ4n) is 3.77. The molecule has 1 aliphatic heterocycles. The Kier molecular flexibility index (Phi) is 6.68. The maximum atomic E-state index is 12.7. The zero-order valence-corrected chi connectivity index (χ0v) is 16.5. The van der Waals surface area contributed by atoms with Crippen molar-refractivity contribution in [3.8, 4) is 0 Å². The summed E-state index contributed by atoms with van der Waals surface area (Å²) in [5.74, 6) is -0.0414. The van der Waals surface area contributed by atoms with Crippen molar-refractivity contribution in [3.63, 3.8) is 0 Å². The molecule has 3 N–H and O–H groups in total. The van der Waals surface area contributed by atoms with Crippen LogP contribution in [0.2, 0.25) is 0 Å². The Balaban J connectivity index is 0.00000225. The zero-order valence-electron chi connectivity index (χ0n) is 15.6.